The number of aliphatic hydroxyl groups is 1. The van der Waals surface area contributed by atoms with Crippen LogP contribution >= 0.6 is 11.3 Å². The summed E-state index contributed by atoms with van der Waals surface area (Å²) in [6, 6.07) is -0.207. The Morgan fingerprint density at radius 1 is 1.29 bits per heavy atom. The zero-order valence-electron chi connectivity index (χ0n) is 21.6. The number of hydrogen-bond acceptors (Lipinski definition) is 7. The van der Waals surface area contributed by atoms with Gasteiger partial charge in [0, 0.05) is 37.2 Å². The molecule has 2 aromatic rings. The van der Waals surface area contributed by atoms with Gasteiger partial charge in [-0.25, -0.2) is 27.5 Å². The zero-order chi connectivity index (χ0) is 28.0. The van der Waals surface area contributed by atoms with Gasteiger partial charge < -0.3 is 20.6 Å². The van der Waals surface area contributed by atoms with E-state index in [4.69, 9.17) is 0 Å². The summed E-state index contributed by atoms with van der Waals surface area (Å²) in [5, 5.41) is 15.2. The molecule has 0 bridgehead atoms. The number of hydrogen-bond donors (Lipinski definition) is 3. The third-order valence-electron chi connectivity index (χ3n) is 6.68. The number of thiazole rings is 1. The van der Waals surface area contributed by atoms with Crippen LogP contribution in [0.2, 0.25) is 0 Å². The minimum absolute atomic E-state index is 0.0772. The van der Waals surface area contributed by atoms with Crippen LogP contribution in [0.3, 0.4) is 0 Å². The van der Waals surface area contributed by atoms with Crippen LogP contribution in [-0.2, 0) is 0 Å². The lowest BCUT2D eigenvalue weighted by molar-refractivity contribution is -0.000717. The Morgan fingerprint density at radius 3 is 2.55 bits per heavy atom. The molecule has 0 spiro atoms. The number of nitrogens with one attached hydrogen (secondary N) is 2. The van der Waals surface area contributed by atoms with Crippen molar-refractivity contribution in [1.29, 1.82) is 0 Å². The topological polar surface area (TPSA) is 107 Å². The second-order valence-corrected chi connectivity index (χ2v) is 11.8. The molecule has 13 heteroatoms. The molecule has 2 fully saturated rings. The fourth-order valence-corrected chi connectivity index (χ4v) is 5.74. The Kier molecular flexibility index (Phi) is 7.47. The van der Waals surface area contributed by atoms with Crippen LogP contribution in [0.1, 0.15) is 72.3 Å². The van der Waals surface area contributed by atoms with Gasteiger partial charge in [-0.1, -0.05) is 0 Å². The van der Waals surface area contributed by atoms with Crippen molar-refractivity contribution < 1.29 is 32.3 Å². The van der Waals surface area contributed by atoms with Gasteiger partial charge in [0.05, 0.1) is 23.1 Å². The average Bonchev–Trinajstić information content (AvgIpc) is 3.46. The maximum absolute atomic E-state index is 14.1. The predicted molar refractivity (Wildman–Crippen MR) is 135 cm³/mol. The van der Waals surface area contributed by atoms with Crippen molar-refractivity contribution in [2.75, 3.05) is 18.4 Å². The smallest absolute Gasteiger partial charge is 0.280 e. The van der Waals surface area contributed by atoms with Gasteiger partial charge in [-0.2, -0.15) is 0 Å². The molecule has 2 aromatic heterocycles. The van der Waals surface area contributed by atoms with Crippen LogP contribution in [0.5, 0.6) is 0 Å². The molecular weight excluding hydrogens is 526 g/mol. The Labute approximate surface area is 221 Å². The van der Waals surface area contributed by atoms with Gasteiger partial charge >= 0.3 is 0 Å². The number of alkyl halides is 4. The number of aryl methyl sites for hydroxylation is 1. The Hall–Kier alpha value is -2.80. The summed E-state index contributed by atoms with van der Waals surface area (Å²) in [5.41, 5.74) is -0.356. The van der Waals surface area contributed by atoms with Crippen LogP contribution in [0.4, 0.5) is 23.4 Å². The van der Waals surface area contributed by atoms with Gasteiger partial charge in [0.2, 0.25) is 0 Å². The number of amides is 2. The number of rotatable bonds is 7. The van der Waals surface area contributed by atoms with Gasteiger partial charge in [0.1, 0.15) is 11.5 Å². The van der Waals surface area contributed by atoms with E-state index in [-0.39, 0.29) is 34.4 Å². The van der Waals surface area contributed by atoms with E-state index in [1.807, 2.05) is 0 Å². The number of nitrogens with zero attached hydrogens (tertiary/aromatic N) is 3. The molecule has 0 radical (unpaired) electrons. The first-order valence-electron chi connectivity index (χ1n) is 12.4. The maximum atomic E-state index is 14.1. The first-order valence-corrected chi connectivity index (χ1v) is 13.2. The average molecular weight is 558 g/mol. The standard InChI is InChI=1S/C25H31F4N5O3S/c1-13-8-17(32-16-6-5-7-25(16,28)29)30-10-15(13)19-18(22(36)34-12-24(26,27)9-14(34)2)33-21(38-19)20(35)31-11-23(3,4)37/h8,10,14,16,37H,5-7,9,11-12H2,1-4H3,(H,30,32)(H,31,35)/t14-,16-/m0/s1. The van der Waals surface area contributed by atoms with Crippen LogP contribution < -0.4 is 10.6 Å². The molecular formula is C25H31F4N5O3S. The van der Waals surface area contributed by atoms with Crippen LogP contribution in [0, 0.1) is 6.92 Å². The fraction of sp³-hybridized carbons (Fsp3) is 0.600. The summed E-state index contributed by atoms with van der Waals surface area (Å²) in [4.78, 5) is 36.0. The summed E-state index contributed by atoms with van der Waals surface area (Å²) in [7, 11) is 0. The van der Waals surface area contributed by atoms with Crippen molar-refractivity contribution in [3.05, 3.63) is 28.5 Å². The van der Waals surface area contributed by atoms with E-state index < -0.39 is 54.3 Å². The quantitative estimate of drug-likeness (QED) is 0.434. The van der Waals surface area contributed by atoms with Gasteiger partial charge in [-0.3, -0.25) is 9.59 Å². The third kappa shape index (κ3) is 6.09. The largest absolute Gasteiger partial charge is 0.389 e. The SMILES string of the molecule is Cc1cc(N[C@H]2CCCC2(F)F)ncc1-c1sc(C(=O)NCC(C)(C)O)nc1C(=O)N1CC(F)(F)C[C@@H]1C. The van der Waals surface area contributed by atoms with Gasteiger partial charge in [0.15, 0.2) is 5.01 Å². The van der Waals surface area contributed by atoms with Crippen LogP contribution in [-0.4, -0.2) is 74.4 Å². The molecule has 38 heavy (non-hydrogen) atoms. The first kappa shape index (κ1) is 28.2. The summed E-state index contributed by atoms with van der Waals surface area (Å²) >= 11 is 0.892. The van der Waals surface area contributed by atoms with Gasteiger partial charge in [-0.15, -0.1) is 11.3 Å². The summed E-state index contributed by atoms with van der Waals surface area (Å²) in [5.74, 6) is -7.01. The lowest BCUT2D eigenvalue weighted by atomic mass is 10.1. The van der Waals surface area contributed by atoms with Gasteiger partial charge in [-0.05, 0) is 52.2 Å². The molecule has 1 aliphatic heterocycles. The molecule has 1 aliphatic carbocycles. The van der Waals surface area contributed by atoms with Crippen molar-refractivity contribution in [2.45, 2.75) is 82.9 Å². The van der Waals surface area contributed by atoms with Gasteiger partial charge in [0.25, 0.3) is 23.7 Å². The molecule has 1 saturated heterocycles. The monoisotopic (exact) mass is 557 g/mol. The minimum atomic E-state index is -3.04. The van der Waals surface area contributed by atoms with E-state index in [0.717, 1.165) is 16.2 Å². The molecule has 3 heterocycles. The second kappa shape index (κ2) is 10.1. The molecule has 2 amide bonds. The third-order valence-corrected chi connectivity index (χ3v) is 7.77. The maximum Gasteiger partial charge on any atom is 0.280 e. The highest BCUT2D eigenvalue weighted by atomic mass is 32.1. The highest BCUT2D eigenvalue weighted by Gasteiger charge is 2.46. The fourth-order valence-electron chi connectivity index (χ4n) is 4.69. The Bertz CT molecular complexity index is 1230. The highest BCUT2D eigenvalue weighted by Crippen LogP contribution is 2.39. The van der Waals surface area contributed by atoms with E-state index >= 15 is 0 Å². The predicted octanol–water partition coefficient (Wildman–Crippen LogP) is 4.48. The molecule has 0 aromatic carbocycles. The Balaban J connectivity index is 1.68. The van der Waals surface area contributed by atoms with E-state index in [1.54, 1.807) is 13.0 Å². The van der Waals surface area contributed by atoms with Crippen molar-refractivity contribution in [3.63, 3.8) is 0 Å². The number of likely N-dealkylation sites (tertiary alicyclic amines) is 1. The van der Waals surface area contributed by atoms with E-state index in [1.165, 1.54) is 27.0 Å². The number of pyridine rings is 1. The van der Waals surface area contributed by atoms with Crippen molar-refractivity contribution in [2.24, 2.45) is 0 Å². The summed E-state index contributed by atoms with van der Waals surface area (Å²) < 4.78 is 56.3. The number of aromatic nitrogens is 2. The highest BCUT2D eigenvalue weighted by molar-refractivity contribution is 7.17. The Morgan fingerprint density at radius 2 is 2.00 bits per heavy atom. The molecule has 1 saturated carbocycles. The minimum Gasteiger partial charge on any atom is -0.389 e. The molecule has 2 atom stereocenters. The summed E-state index contributed by atoms with van der Waals surface area (Å²) in [6.07, 6.45) is 1.44. The van der Waals surface area contributed by atoms with Crippen LogP contribution in [0.25, 0.3) is 10.4 Å². The molecule has 4 rings (SSSR count). The lowest BCUT2D eigenvalue weighted by Gasteiger charge is -2.22. The van der Waals surface area contributed by atoms with Crippen molar-refractivity contribution >= 4 is 29.0 Å². The second-order valence-electron chi connectivity index (χ2n) is 10.8. The van der Waals surface area contributed by atoms with Crippen LogP contribution in [0.15, 0.2) is 12.3 Å². The molecule has 0 unspecified atom stereocenters. The first-order chi connectivity index (χ1) is 17.6. The normalized spacial score (nSPS) is 22.5. The molecule has 8 nitrogen and oxygen atoms in total. The number of anilines is 1. The molecule has 2 aliphatic rings. The number of halogens is 4. The lowest BCUT2D eigenvalue weighted by Crippen LogP contribution is -2.38. The molecule has 3 N–H and O–H groups in total. The number of carbonyl (C=O) groups is 2. The zero-order valence-corrected chi connectivity index (χ0v) is 22.4. The van der Waals surface area contributed by atoms with Crippen molar-refractivity contribution in [3.8, 4) is 10.4 Å². The van der Waals surface area contributed by atoms with Crippen molar-refractivity contribution in [1.82, 2.24) is 20.2 Å². The molecule has 208 valence electrons. The van der Waals surface area contributed by atoms with E-state index in [9.17, 15) is 32.3 Å². The number of carbonyl (C=O) groups excluding carboxylic acids is 2. The summed E-state index contributed by atoms with van der Waals surface area (Å²) in [6.45, 7) is 5.40. The van der Waals surface area contributed by atoms with E-state index in [0.29, 0.717) is 24.0 Å². The van der Waals surface area contributed by atoms with E-state index in [2.05, 4.69) is 20.6 Å².